The Morgan fingerprint density at radius 3 is 2.48 bits per heavy atom. The zero-order valence-electron chi connectivity index (χ0n) is 16.2. The topological polar surface area (TPSA) is 91.1 Å². The molecule has 160 valence electrons. The van der Waals surface area contributed by atoms with Crippen LogP contribution in [0.4, 0.5) is 13.2 Å². The van der Waals surface area contributed by atoms with E-state index in [9.17, 15) is 27.6 Å². The number of nitrogens with one attached hydrogen (secondary N) is 3. The quantitative estimate of drug-likeness (QED) is 0.526. The van der Waals surface area contributed by atoms with Gasteiger partial charge >= 0.3 is 0 Å². The lowest BCUT2D eigenvalue weighted by Crippen LogP contribution is -2.40. The number of fused-ring (bicyclic) bond motifs is 1. The molecule has 1 aliphatic rings. The van der Waals surface area contributed by atoms with Gasteiger partial charge in [0, 0.05) is 23.6 Å². The van der Waals surface area contributed by atoms with Crippen molar-refractivity contribution in [3.63, 3.8) is 0 Å². The van der Waals surface area contributed by atoms with Crippen LogP contribution in [-0.2, 0) is 20.8 Å². The van der Waals surface area contributed by atoms with Gasteiger partial charge in [-0.3, -0.25) is 19.7 Å². The number of H-pyrrole nitrogens is 1. The Morgan fingerprint density at radius 1 is 1.06 bits per heavy atom. The highest BCUT2D eigenvalue weighted by atomic mass is 19.1. The van der Waals surface area contributed by atoms with Crippen LogP contribution < -0.4 is 10.6 Å². The second-order valence-corrected chi connectivity index (χ2v) is 7.39. The van der Waals surface area contributed by atoms with Crippen molar-refractivity contribution in [2.24, 2.45) is 0 Å². The molecule has 2 heterocycles. The Bertz CT molecular complexity index is 1190. The first-order valence-corrected chi connectivity index (χ1v) is 9.70. The zero-order valence-corrected chi connectivity index (χ0v) is 16.2. The van der Waals surface area contributed by atoms with Crippen molar-refractivity contribution in [2.75, 3.05) is 0 Å². The van der Waals surface area contributed by atoms with Crippen LogP contribution >= 0.6 is 0 Å². The minimum Gasteiger partial charge on any atom is -0.352 e. The summed E-state index contributed by atoms with van der Waals surface area (Å²) in [5, 5.41) is 4.97. The standard InChI is InChI=1S/C22H18F3N3O3/c23-12-6-4-11(5-7-12)20-14(15-8-13(24)9-16(25)21(15)28-20)2-1-3-18(29)26-17-10-19(30)27-22(17)31/h4-9,17,28H,1-3,10H2,(H,26,29)(H,27,30,31). The van der Waals surface area contributed by atoms with Gasteiger partial charge in [-0.1, -0.05) is 0 Å². The van der Waals surface area contributed by atoms with Crippen LogP contribution in [0.3, 0.4) is 0 Å². The molecule has 0 saturated carbocycles. The minimum absolute atomic E-state index is 0.0469. The summed E-state index contributed by atoms with van der Waals surface area (Å²) in [4.78, 5) is 37.9. The van der Waals surface area contributed by atoms with Gasteiger partial charge in [-0.25, -0.2) is 13.2 Å². The maximum Gasteiger partial charge on any atom is 0.249 e. The van der Waals surface area contributed by atoms with E-state index in [1.807, 2.05) is 0 Å². The van der Waals surface area contributed by atoms with Gasteiger partial charge in [-0.15, -0.1) is 0 Å². The molecule has 6 nitrogen and oxygen atoms in total. The fourth-order valence-electron chi connectivity index (χ4n) is 3.76. The highest BCUT2D eigenvalue weighted by Gasteiger charge is 2.31. The number of aromatic amines is 1. The van der Waals surface area contributed by atoms with Gasteiger partial charge in [0.15, 0.2) is 0 Å². The van der Waals surface area contributed by atoms with E-state index >= 15 is 0 Å². The van der Waals surface area contributed by atoms with E-state index in [0.717, 1.165) is 6.07 Å². The number of amides is 3. The molecule has 4 rings (SSSR count). The van der Waals surface area contributed by atoms with Crippen LogP contribution in [0.15, 0.2) is 36.4 Å². The van der Waals surface area contributed by atoms with Crippen LogP contribution in [-0.4, -0.2) is 28.7 Å². The number of carbonyl (C=O) groups excluding carboxylic acids is 3. The molecule has 3 aromatic rings. The van der Waals surface area contributed by atoms with Crippen molar-refractivity contribution in [3.8, 4) is 11.3 Å². The maximum atomic E-state index is 14.3. The zero-order chi connectivity index (χ0) is 22.1. The van der Waals surface area contributed by atoms with Crippen molar-refractivity contribution < 1.29 is 27.6 Å². The van der Waals surface area contributed by atoms with Gasteiger partial charge in [-0.2, -0.15) is 0 Å². The number of rotatable bonds is 6. The number of benzene rings is 2. The molecule has 3 amide bonds. The van der Waals surface area contributed by atoms with Crippen molar-refractivity contribution >= 4 is 28.6 Å². The summed E-state index contributed by atoms with van der Waals surface area (Å²) in [5.41, 5.74) is 1.83. The van der Waals surface area contributed by atoms with E-state index in [4.69, 9.17) is 0 Å². The molecule has 2 aromatic carbocycles. The van der Waals surface area contributed by atoms with E-state index in [0.29, 0.717) is 35.0 Å². The first-order chi connectivity index (χ1) is 14.8. The van der Waals surface area contributed by atoms with E-state index in [2.05, 4.69) is 15.6 Å². The molecule has 1 fully saturated rings. The molecule has 0 bridgehead atoms. The van der Waals surface area contributed by atoms with E-state index < -0.39 is 41.2 Å². The fourth-order valence-corrected chi connectivity index (χ4v) is 3.76. The summed E-state index contributed by atoms with van der Waals surface area (Å²) in [5.74, 6) is -3.30. The Balaban J connectivity index is 1.55. The molecule has 1 unspecified atom stereocenters. The van der Waals surface area contributed by atoms with Gasteiger partial charge in [0.25, 0.3) is 0 Å². The summed E-state index contributed by atoms with van der Waals surface area (Å²) >= 11 is 0. The van der Waals surface area contributed by atoms with Crippen molar-refractivity contribution in [2.45, 2.75) is 31.7 Å². The average Bonchev–Trinajstić information content (AvgIpc) is 3.22. The first kappa shape index (κ1) is 20.6. The highest BCUT2D eigenvalue weighted by Crippen LogP contribution is 2.33. The average molecular weight is 429 g/mol. The summed E-state index contributed by atoms with van der Waals surface area (Å²) in [6, 6.07) is 6.70. The molecule has 31 heavy (non-hydrogen) atoms. The predicted molar refractivity (Wildman–Crippen MR) is 106 cm³/mol. The summed E-state index contributed by atoms with van der Waals surface area (Å²) in [6.45, 7) is 0. The Labute approximate surface area is 174 Å². The van der Waals surface area contributed by atoms with Crippen molar-refractivity contribution in [1.29, 1.82) is 0 Å². The highest BCUT2D eigenvalue weighted by molar-refractivity contribution is 6.06. The fraction of sp³-hybridized carbons (Fsp3) is 0.227. The smallest absolute Gasteiger partial charge is 0.249 e. The van der Waals surface area contributed by atoms with Crippen LogP contribution in [0.25, 0.3) is 22.2 Å². The SMILES string of the molecule is O=C1CC(NC(=O)CCCc2c(-c3ccc(F)cc3)[nH]c3c(F)cc(F)cc23)C(=O)N1. The lowest BCUT2D eigenvalue weighted by Gasteiger charge is -2.10. The second-order valence-electron chi connectivity index (χ2n) is 7.39. The molecule has 3 N–H and O–H groups in total. The molecule has 1 saturated heterocycles. The van der Waals surface area contributed by atoms with Crippen LogP contribution in [0.2, 0.25) is 0 Å². The lowest BCUT2D eigenvalue weighted by molar-refractivity contribution is -0.128. The van der Waals surface area contributed by atoms with Gasteiger partial charge in [0.2, 0.25) is 17.7 Å². The van der Waals surface area contributed by atoms with Gasteiger partial charge in [-0.05, 0) is 54.3 Å². The van der Waals surface area contributed by atoms with Crippen molar-refractivity contribution in [1.82, 2.24) is 15.6 Å². The molecular weight excluding hydrogens is 411 g/mol. The molecule has 0 spiro atoms. The second kappa shape index (κ2) is 8.25. The molecule has 1 aliphatic heterocycles. The van der Waals surface area contributed by atoms with Crippen LogP contribution in [0, 0.1) is 17.5 Å². The summed E-state index contributed by atoms with van der Waals surface area (Å²) < 4.78 is 41.5. The Morgan fingerprint density at radius 2 is 1.81 bits per heavy atom. The largest absolute Gasteiger partial charge is 0.352 e. The maximum absolute atomic E-state index is 14.3. The number of hydrogen-bond donors (Lipinski definition) is 3. The Kier molecular flexibility index (Phi) is 5.50. The normalized spacial score (nSPS) is 16.0. The summed E-state index contributed by atoms with van der Waals surface area (Å²) in [6.07, 6.45) is 0.581. The van der Waals surface area contributed by atoms with E-state index in [1.54, 1.807) is 0 Å². The predicted octanol–water partition coefficient (Wildman–Crippen LogP) is 3.11. The molecule has 9 heteroatoms. The Hall–Kier alpha value is -3.62. The molecule has 1 atom stereocenters. The molecule has 0 aliphatic carbocycles. The minimum atomic E-state index is -0.883. The number of hydrogen-bond acceptors (Lipinski definition) is 3. The monoisotopic (exact) mass is 429 g/mol. The number of halogens is 3. The van der Waals surface area contributed by atoms with Gasteiger partial charge in [0.1, 0.15) is 23.5 Å². The third-order valence-corrected chi connectivity index (χ3v) is 5.20. The van der Waals surface area contributed by atoms with Crippen molar-refractivity contribution in [3.05, 3.63) is 59.4 Å². The number of imide groups is 1. The van der Waals surface area contributed by atoms with E-state index in [-0.39, 0.29) is 18.4 Å². The third-order valence-electron chi connectivity index (χ3n) is 5.20. The molecule has 1 aromatic heterocycles. The first-order valence-electron chi connectivity index (χ1n) is 9.70. The van der Waals surface area contributed by atoms with Crippen LogP contribution in [0.1, 0.15) is 24.8 Å². The molecule has 0 radical (unpaired) electrons. The third kappa shape index (κ3) is 4.30. The van der Waals surface area contributed by atoms with Gasteiger partial charge in [0.05, 0.1) is 11.9 Å². The number of aromatic nitrogens is 1. The lowest BCUT2D eigenvalue weighted by atomic mass is 10.00. The summed E-state index contributed by atoms with van der Waals surface area (Å²) in [7, 11) is 0. The van der Waals surface area contributed by atoms with Gasteiger partial charge < -0.3 is 10.3 Å². The molecular formula is C22H18F3N3O3. The van der Waals surface area contributed by atoms with Crippen LogP contribution in [0.5, 0.6) is 0 Å². The number of aryl methyl sites for hydroxylation is 1. The van der Waals surface area contributed by atoms with E-state index in [1.165, 1.54) is 30.3 Å². The number of carbonyl (C=O) groups is 3.